The summed E-state index contributed by atoms with van der Waals surface area (Å²) in [6, 6.07) is 0. The Kier molecular flexibility index (Phi) is 7.92. The lowest BCUT2D eigenvalue weighted by Crippen LogP contribution is -2.21. The van der Waals surface area contributed by atoms with Crippen molar-refractivity contribution in [2.75, 3.05) is 26.4 Å². The van der Waals surface area contributed by atoms with Crippen LogP contribution in [0.3, 0.4) is 0 Å². The molecule has 18 heavy (non-hydrogen) atoms. The third-order valence-corrected chi connectivity index (χ3v) is 4.35. The Morgan fingerprint density at radius 1 is 0.722 bits per heavy atom. The Morgan fingerprint density at radius 3 is 1.67 bits per heavy atom. The summed E-state index contributed by atoms with van der Waals surface area (Å²) in [5.74, 6) is 3.43. The van der Waals surface area contributed by atoms with Crippen molar-refractivity contribution in [3.8, 4) is 0 Å². The average molecular weight is 256 g/mol. The standard InChI is InChI=1S/2C8H16O/c1-7(2)8-3-5-9-6-4-8;1-7(2)8-4-3-5-9-6-8/h2*7-8H,3-6H2,1-2H3. The van der Waals surface area contributed by atoms with Crippen LogP contribution in [0.2, 0.25) is 0 Å². The van der Waals surface area contributed by atoms with E-state index in [1.807, 2.05) is 0 Å². The molecule has 2 aliphatic heterocycles. The van der Waals surface area contributed by atoms with Crippen molar-refractivity contribution in [3.63, 3.8) is 0 Å². The molecule has 0 bridgehead atoms. The van der Waals surface area contributed by atoms with Gasteiger partial charge in [0, 0.05) is 26.4 Å². The zero-order valence-electron chi connectivity index (χ0n) is 12.8. The second-order valence-electron chi connectivity index (χ2n) is 6.42. The Hall–Kier alpha value is -0.0800. The van der Waals surface area contributed by atoms with Crippen molar-refractivity contribution in [2.24, 2.45) is 23.7 Å². The fraction of sp³-hybridized carbons (Fsp3) is 1.00. The van der Waals surface area contributed by atoms with Crippen LogP contribution >= 0.6 is 0 Å². The molecule has 2 saturated heterocycles. The van der Waals surface area contributed by atoms with Gasteiger partial charge in [-0.1, -0.05) is 27.7 Å². The average Bonchev–Trinajstić information content (AvgIpc) is 2.41. The van der Waals surface area contributed by atoms with Gasteiger partial charge in [-0.3, -0.25) is 0 Å². The first kappa shape index (κ1) is 16.0. The van der Waals surface area contributed by atoms with E-state index in [9.17, 15) is 0 Å². The quantitative estimate of drug-likeness (QED) is 0.739. The van der Waals surface area contributed by atoms with Crippen molar-refractivity contribution < 1.29 is 9.47 Å². The third-order valence-electron chi connectivity index (χ3n) is 4.35. The van der Waals surface area contributed by atoms with Crippen LogP contribution in [-0.2, 0) is 9.47 Å². The number of hydrogen-bond donors (Lipinski definition) is 0. The smallest absolute Gasteiger partial charge is 0.0496 e. The summed E-state index contributed by atoms with van der Waals surface area (Å²) >= 11 is 0. The van der Waals surface area contributed by atoms with E-state index in [2.05, 4.69) is 27.7 Å². The second-order valence-corrected chi connectivity index (χ2v) is 6.42. The molecule has 2 aliphatic rings. The highest BCUT2D eigenvalue weighted by molar-refractivity contribution is 4.66. The van der Waals surface area contributed by atoms with Crippen LogP contribution < -0.4 is 0 Å². The van der Waals surface area contributed by atoms with E-state index >= 15 is 0 Å². The Bertz CT molecular complexity index is 167. The van der Waals surface area contributed by atoms with E-state index in [4.69, 9.17) is 9.47 Å². The zero-order valence-corrected chi connectivity index (χ0v) is 12.8. The fourth-order valence-corrected chi connectivity index (χ4v) is 2.67. The molecule has 0 aromatic carbocycles. The van der Waals surface area contributed by atoms with Gasteiger partial charge in [0.1, 0.15) is 0 Å². The SMILES string of the molecule is CC(C)C1CCCOC1.CC(C)C1CCOCC1. The molecular weight excluding hydrogens is 224 g/mol. The molecule has 0 spiro atoms. The van der Waals surface area contributed by atoms with Crippen LogP contribution in [-0.4, -0.2) is 26.4 Å². The Labute approximate surface area is 113 Å². The molecule has 2 heterocycles. The summed E-state index contributed by atoms with van der Waals surface area (Å²) in [5.41, 5.74) is 0. The second kappa shape index (κ2) is 8.92. The maximum Gasteiger partial charge on any atom is 0.0496 e. The molecule has 0 aromatic rings. The highest BCUT2D eigenvalue weighted by Gasteiger charge is 2.16. The summed E-state index contributed by atoms with van der Waals surface area (Å²) < 4.78 is 10.6. The molecule has 0 N–H and O–H groups in total. The van der Waals surface area contributed by atoms with Gasteiger partial charge >= 0.3 is 0 Å². The van der Waals surface area contributed by atoms with Crippen LogP contribution in [0, 0.1) is 23.7 Å². The molecule has 0 aliphatic carbocycles. The van der Waals surface area contributed by atoms with Crippen LogP contribution in [0.15, 0.2) is 0 Å². The first-order valence-corrected chi connectivity index (χ1v) is 7.76. The molecule has 2 heteroatoms. The van der Waals surface area contributed by atoms with Crippen molar-refractivity contribution in [1.29, 1.82) is 0 Å². The maximum absolute atomic E-state index is 5.34. The van der Waals surface area contributed by atoms with E-state index in [1.165, 1.54) is 25.7 Å². The highest BCUT2D eigenvalue weighted by atomic mass is 16.5. The molecule has 108 valence electrons. The van der Waals surface area contributed by atoms with Gasteiger partial charge in [-0.15, -0.1) is 0 Å². The summed E-state index contributed by atoms with van der Waals surface area (Å²) in [6.45, 7) is 13.1. The van der Waals surface area contributed by atoms with E-state index in [0.717, 1.165) is 50.1 Å². The molecule has 1 unspecified atom stereocenters. The van der Waals surface area contributed by atoms with Gasteiger partial charge in [-0.2, -0.15) is 0 Å². The maximum atomic E-state index is 5.34. The minimum absolute atomic E-state index is 0.810. The normalized spacial score (nSPS) is 26.0. The largest absolute Gasteiger partial charge is 0.381 e. The number of hydrogen-bond acceptors (Lipinski definition) is 2. The molecule has 0 aromatic heterocycles. The van der Waals surface area contributed by atoms with Crippen LogP contribution in [0.4, 0.5) is 0 Å². The first-order valence-electron chi connectivity index (χ1n) is 7.76. The van der Waals surface area contributed by atoms with Gasteiger partial charge in [0.05, 0.1) is 0 Å². The number of rotatable bonds is 2. The van der Waals surface area contributed by atoms with Crippen molar-refractivity contribution in [1.82, 2.24) is 0 Å². The Morgan fingerprint density at radius 2 is 1.33 bits per heavy atom. The van der Waals surface area contributed by atoms with E-state index < -0.39 is 0 Å². The zero-order chi connectivity index (χ0) is 13.4. The van der Waals surface area contributed by atoms with Crippen LogP contribution in [0.25, 0.3) is 0 Å². The molecule has 0 saturated carbocycles. The van der Waals surface area contributed by atoms with Gasteiger partial charge in [-0.05, 0) is 49.4 Å². The van der Waals surface area contributed by atoms with Gasteiger partial charge in [0.15, 0.2) is 0 Å². The molecule has 2 fully saturated rings. The highest BCUT2D eigenvalue weighted by Crippen LogP contribution is 2.22. The monoisotopic (exact) mass is 256 g/mol. The van der Waals surface area contributed by atoms with E-state index in [-0.39, 0.29) is 0 Å². The lowest BCUT2D eigenvalue weighted by atomic mass is 9.89. The molecule has 2 nitrogen and oxygen atoms in total. The van der Waals surface area contributed by atoms with E-state index in [0.29, 0.717) is 0 Å². The molecule has 1 atom stereocenters. The molecule has 0 radical (unpaired) electrons. The fourth-order valence-electron chi connectivity index (χ4n) is 2.67. The predicted molar refractivity (Wildman–Crippen MR) is 76.8 cm³/mol. The van der Waals surface area contributed by atoms with Crippen molar-refractivity contribution in [3.05, 3.63) is 0 Å². The summed E-state index contributed by atoms with van der Waals surface area (Å²) in [5, 5.41) is 0. The summed E-state index contributed by atoms with van der Waals surface area (Å²) in [6.07, 6.45) is 5.19. The van der Waals surface area contributed by atoms with Crippen LogP contribution in [0.5, 0.6) is 0 Å². The first-order chi connectivity index (χ1) is 8.61. The molecule has 0 amide bonds. The molecular formula is C16H32O2. The summed E-state index contributed by atoms with van der Waals surface area (Å²) in [7, 11) is 0. The van der Waals surface area contributed by atoms with Gasteiger partial charge < -0.3 is 9.47 Å². The van der Waals surface area contributed by atoms with Crippen LogP contribution in [0.1, 0.15) is 53.4 Å². The summed E-state index contributed by atoms with van der Waals surface area (Å²) in [4.78, 5) is 0. The lowest BCUT2D eigenvalue weighted by Gasteiger charge is -2.24. The molecule has 2 rings (SSSR count). The Balaban J connectivity index is 0.000000180. The third kappa shape index (κ3) is 6.19. The van der Waals surface area contributed by atoms with E-state index in [1.54, 1.807) is 0 Å². The minimum Gasteiger partial charge on any atom is -0.381 e. The van der Waals surface area contributed by atoms with Gasteiger partial charge in [0.25, 0.3) is 0 Å². The topological polar surface area (TPSA) is 18.5 Å². The van der Waals surface area contributed by atoms with Gasteiger partial charge in [0.2, 0.25) is 0 Å². The van der Waals surface area contributed by atoms with Crippen molar-refractivity contribution >= 4 is 0 Å². The lowest BCUT2D eigenvalue weighted by molar-refractivity contribution is 0.0373. The van der Waals surface area contributed by atoms with Gasteiger partial charge in [-0.25, -0.2) is 0 Å². The van der Waals surface area contributed by atoms with Crippen molar-refractivity contribution in [2.45, 2.75) is 53.4 Å². The number of ether oxygens (including phenoxy) is 2. The predicted octanol–water partition coefficient (Wildman–Crippen LogP) is 4.14. The minimum atomic E-state index is 0.810.